The summed E-state index contributed by atoms with van der Waals surface area (Å²) in [5, 5.41) is 2.85. The number of nitrogens with one attached hydrogen (secondary N) is 1. The first kappa shape index (κ1) is 28.0. The number of carbonyl (C=O) groups excluding carboxylic acids is 3. The largest absolute Gasteiger partial charge is 0.501 e. The van der Waals surface area contributed by atoms with Gasteiger partial charge in [-0.1, -0.05) is 0 Å². The number of pyridine rings is 1. The zero-order valence-electron chi connectivity index (χ0n) is 21.5. The average molecular weight is 581 g/mol. The van der Waals surface area contributed by atoms with Crippen molar-refractivity contribution in [2.24, 2.45) is 0 Å². The van der Waals surface area contributed by atoms with Crippen LogP contribution in [0.15, 0.2) is 47.6 Å². The Labute approximate surface area is 228 Å². The van der Waals surface area contributed by atoms with Gasteiger partial charge in [-0.05, 0) is 55.8 Å². The van der Waals surface area contributed by atoms with Gasteiger partial charge in [0.05, 0.1) is 35.6 Å². The Hall–Kier alpha value is -3.56. The second kappa shape index (κ2) is 10.1. The molecule has 1 saturated carbocycles. The molecule has 3 heterocycles. The number of anilines is 2. The second-order valence-electron chi connectivity index (χ2n) is 10.1. The monoisotopic (exact) mass is 580 g/mol. The van der Waals surface area contributed by atoms with Gasteiger partial charge in [-0.25, -0.2) is 18.1 Å². The third-order valence-electron chi connectivity index (χ3n) is 7.45. The molecule has 3 aliphatic rings. The first-order valence-electron chi connectivity index (χ1n) is 12.5. The molecular formula is C25H27F3N6O5S. The van der Waals surface area contributed by atoms with Gasteiger partial charge in [-0.15, -0.1) is 0 Å². The van der Waals surface area contributed by atoms with E-state index in [0.29, 0.717) is 24.1 Å². The standard InChI is InChI=1S/C25H27F3N6O5S/c1-31-10-12-32(13-11-31)16-21(35)30-20-14-29-9-6-17(20)15-33-23(37)34(22(36)24(33)7-8-24)18-2-4-19(5-3-18)40(38,39)25(26,27)28/h2-6,9,14H,7-8,10-13,15-16H2,1H3,(H,30,35). The summed E-state index contributed by atoms with van der Waals surface area (Å²) in [6, 6.07) is 4.39. The summed E-state index contributed by atoms with van der Waals surface area (Å²) >= 11 is 0. The number of aromatic nitrogens is 1. The molecule has 1 aromatic heterocycles. The number of imide groups is 1. The van der Waals surface area contributed by atoms with Crippen LogP contribution < -0.4 is 10.2 Å². The highest BCUT2D eigenvalue weighted by molar-refractivity contribution is 7.92. The molecule has 2 saturated heterocycles. The number of hydrogen-bond donors (Lipinski definition) is 1. The van der Waals surface area contributed by atoms with Crippen LogP contribution in [0, 0.1) is 0 Å². The summed E-state index contributed by atoms with van der Waals surface area (Å²) in [6.07, 6.45) is 3.76. The highest BCUT2D eigenvalue weighted by Gasteiger charge is 2.65. The lowest BCUT2D eigenvalue weighted by Gasteiger charge is -2.31. The molecule has 0 radical (unpaired) electrons. The summed E-state index contributed by atoms with van der Waals surface area (Å²) < 4.78 is 62.1. The van der Waals surface area contributed by atoms with Crippen LogP contribution in [-0.4, -0.2) is 96.8 Å². The second-order valence-corrected chi connectivity index (χ2v) is 12.1. The molecule has 3 fully saturated rings. The Kier molecular flexibility index (Phi) is 7.08. The quantitative estimate of drug-likeness (QED) is 0.494. The molecule has 0 atom stereocenters. The van der Waals surface area contributed by atoms with Gasteiger partial charge in [-0.2, -0.15) is 13.2 Å². The van der Waals surface area contributed by atoms with Crippen molar-refractivity contribution in [3.05, 3.63) is 48.3 Å². The molecule has 5 rings (SSSR count). The first-order valence-corrected chi connectivity index (χ1v) is 14.0. The van der Waals surface area contributed by atoms with E-state index in [2.05, 4.69) is 15.2 Å². The highest BCUT2D eigenvalue weighted by Crippen LogP contribution is 2.50. The van der Waals surface area contributed by atoms with E-state index in [4.69, 9.17) is 0 Å². The number of sulfone groups is 1. The Morgan fingerprint density at radius 3 is 2.30 bits per heavy atom. The van der Waals surface area contributed by atoms with Crippen molar-refractivity contribution in [2.75, 3.05) is 50.0 Å². The van der Waals surface area contributed by atoms with Crippen LogP contribution in [-0.2, 0) is 26.0 Å². The zero-order chi connectivity index (χ0) is 28.9. The lowest BCUT2D eigenvalue weighted by atomic mass is 10.1. The number of benzene rings is 1. The molecule has 0 unspecified atom stereocenters. The predicted molar refractivity (Wildman–Crippen MR) is 137 cm³/mol. The van der Waals surface area contributed by atoms with E-state index >= 15 is 0 Å². The van der Waals surface area contributed by atoms with E-state index in [1.807, 2.05) is 11.9 Å². The molecule has 1 N–H and O–H groups in total. The first-order chi connectivity index (χ1) is 18.8. The van der Waals surface area contributed by atoms with E-state index in [-0.39, 0.29) is 24.7 Å². The molecule has 15 heteroatoms. The van der Waals surface area contributed by atoms with Crippen molar-refractivity contribution >= 4 is 39.1 Å². The number of likely N-dealkylation sites (N-methyl/N-ethyl adjacent to an activating group) is 1. The van der Waals surface area contributed by atoms with Crippen molar-refractivity contribution in [3.8, 4) is 0 Å². The van der Waals surface area contributed by atoms with E-state index in [0.717, 1.165) is 55.3 Å². The van der Waals surface area contributed by atoms with Crippen molar-refractivity contribution in [1.29, 1.82) is 0 Å². The van der Waals surface area contributed by atoms with Crippen LogP contribution in [0.3, 0.4) is 0 Å². The number of amides is 4. The molecule has 214 valence electrons. The van der Waals surface area contributed by atoms with Crippen molar-refractivity contribution in [3.63, 3.8) is 0 Å². The van der Waals surface area contributed by atoms with Crippen molar-refractivity contribution in [1.82, 2.24) is 19.7 Å². The van der Waals surface area contributed by atoms with E-state index in [9.17, 15) is 36.0 Å². The van der Waals surface area contributed by atoms with Crippen molar-refractivity contribution < 1.29 is 36.0 Å². The topological polar surface area (TPSA) is 123 Å². The smallest absolute Gasteiger partial charge is 0.323 e. The molecule has 2 aliphatic heterocycles. The predicted octanol–water partition coefficient (Wildman–Crippen LogP) is 2.06. The summed E-state index contributed by atoms with van der Waals surface area (Å²) in [4.78, 5) is 49.1. The number of carbonyl (C=O) groups is 3. The summed E-state index contributed by atoms with van der Waals surface area (Å²) in [5.74, 6) is -0.780. The summed E-state index contributed by atoms with van der Waals surface area (Å²) in [7, 11) is -3.56. The Bertz CT molecular complexity index is 1440. The highest BCUT2D eigenvalue weighted by atomic mass is 32.2. The molecule has 1 aromatic carbocycles. The number of halogens is 3. The number of alkyl halides is 3. The van der Waals surface area contributed by atoms with Gasteiger partial charge in [0.25, 0.3) is 15.7 Å². The summed E-state index contributed by atoms with van der Waals surface area (Å²) in [5.41, 5.74) is -5.68. The van der Waals surface area contributed by atoms with Crippen LogP contribution >= 0.6 is 0 Å². The maximum absolute atomic E-state index is 13.5. The van der Waals surface area contributed by atoms with Crippen molar-refractivity contribution in [2.45, 2.75) is 35.3 Å². The maximum atomic E-state index is 13.5. The molecule has 4 amide bonds. The molecule has 40 heavy (non-hydrogen) atoms. The van der Waals surface area contributed by atoms with E-state index in [1.165, 1.54) is 17.3 Å². The number of nitrogens with zero attached hydrogens (tertiary/aromatic N) is 5. The lowest BCUT2D eigenvalue weighted by molar-refractivity contribution is -0.121. The Morgan fingerprint density at radius 1 is 1.05 bits per heavy atom. The molecule has 0 bridgehead atoms. The van der Waals surface area contributed by atoms with Crippen LogP contribution in [0.2, 0.25) is 0 Å². The fourth-order valence-corrected chi connectivity index (χ4v) is 5.68. The number of piperazine rings is 1. The van der Waals surface area contributed by atoms with Gasteiger partial charge in [0, 0.05) is 32.4 Å². The fraction of sp³-hybridized carbons (Fsp3) is 0.440. The number of hydrogen-bond acceptors (Lipinski definition) is 8. The van der Waals surface area contributed by atoms with Gasteiger partial charge in [-0.3, -0.25) is 19.5 Å². The van der Waals surface area contributed by atoms with Crippen LogP contribution in [0.1, 0.15) is 18.4 Å². The molecule has 2 aromatic rings. The van der Waals surface area contributed by atoms with E-state index in [1.54, 1.807) is 6.07 Å². The van der Waals surface area contributed by atoms with Gasteiger partial charge < -0.3 is 15.1 Å². The van der Waals surface area contributed by atoms with E-state index < -0.39 is 37.7 Å². The summed E-state index contributed by atoms with van der Waals surface area (Å²) in [6.45, 7) is 3.41. The Balaban J connectivity index is 1.33. The van der Waals surface area contributed by atoms with Gasteiger partial charge in [0.2, 0.25) is 5.91 Å². The van der Waals surface area contributed by atoms with Crippen LogP contribution in [0.25, 0.3) is 0 Å². The minimum atomic E-state index is -5.58. The van der Waals surface area contributed by atoms with Gasteiger partial charge >= 0.3 is 11.5 Å². The maximum Gasteiger partial charge on any atom is 0.501 e. The molecule has 11 nitrogen and oxygen atoms in total. The van der Waals surface area contributed by atoms with Gasteiger partial charge in [0.1, 0.15) is 5.54 Å². The third kappa shape index (κ3) is 5.04. The van der Waals surface area contributed by atoms with Crippen LogP contribution in [0.4, 0.5) is 29.3 Å². The Morgan fingerprint density at radius 2 is 1.70 bits per heavy atom. The number of urea groups is 1. The molecule has 1 spiro atoms. The third-order valence-corrected chi connectivity index (χ3v) is 8.95. The lowest BCUT2D eigenvalue weighted by Crippen LogP contribution is -2.47. The molecular weight excluding hydrogens is 553 g/mol. The fourth-order valence-electron chi connectivity index (χ4n) is 4.91. The minimum absolute atomic E-state index is 0.0196. The zero-order valence-corrected chi connectivity index (χ0v) is 22.3. The minimum Gasteiger partial charge on any atom is -0.323 e. The van der Waals surface area contributed by atoms with Crippen LogP contribution in [0.5, 0.6) is 0 Å². The SMILES string of the molecule is CN1CCN(CC(=O)Nc2cnccc2CN2C(=O)N(c3ccc(S(=O)(=O)C(F)(F)F)cc3)C(=O)C23CC3)CC1. The average Bonchev–Trinajstić information content (AvgIpc) is 3.67. The normalized spacial score (nSPS) is 19.9. The number of rotatable bonds is 7. The van der Waals surface area contributed by atoms with Gasteiger partial charge in [0.15, 0.2) is 0 Å². The molecule has 1 aliphatic carbocycles.